The Labute approximate surface area is 165 Å². The Morgan fingerprint density at radius 1 is 1.29 bits per heavy atom. The number of hydrogen-bond acceptors (Lipinski definition) is 5. The molecule has 0 bridgehead atoms. The smallest absolute Gasteiger partial charge is 0.434 e. The zero-order chi connectivity index (χ0) is 20.6. The van der Waals surface area contributed by atoms with Gasteiger partial charge in [-0.2, -0.15) is 5.10 Å². The molecular weight excluding hydrogens is 388 g/mol. The van der Waals surface area contributed by atoms with Gasteiger partial charge in [0.1, 0.15) is 11.6 Å². The van der Waals surface area contributed by atoms with Crippen molar-refractivity contribution in [2.24, 2.45) is 0 Å². The van der Waals surface area contributed by atoms with Crippen molar-refractivity contribution in [3.05, 3.63) is 41.1 Å². The lowest BCUT2D eigenvalue weighted by molar-refractivity contribution is -0.115. The second-order valence-corrected chi connectivity index (χ2v) is 7.16. The van der Waals surface area contributed by atoms with Gasteiger partial charge in [0.2, 0.25) is 5.91 Å². The molecule has 148 valence electrons. The lowest BCUT2D eigenvalue weighted by atomic mass is 10.0. The molecule has 0 aliphatic carbocycles. The molecule has 0 saturated carbocycles. The number of ether oxygens (including phenoxy) is 1. The maximum atomic E-state index is 12.5. The van der Waals surface area contributed by atoms with E-state index >= 15 is 0 Å². The molecule has 2 aromatic rings. The molecule has 10 heteroatoms. The molecule has 2 amide bonds. The van der Waals surface area contributed by atoms with Crippen molar-refractivity contribution >= 4 is 34.8 Å². The predicted octanol–water partition coefficient (Wildman–Crippen LogP) is 3.01. The first-order valence-electron chi connectivity index (χ1n) is 8.40. The van der Waals surface area contributed by atoms with Gasteiger partial charge in [0.25, 0.3) is 0 Å². The number of nitrogens with zero attached hydrogens (tertiary/aromatic N) is 3. The second-order valence-electron chi connectivity index (χ2n) is 6.84. The average molecular weight is 407 g/mol. The van der Waals surface area contributed by atoms with Gasteiger partial charge < -0.3 is 20.1 Å². The highest BCUT2D eigenvalue weighted by Gasteiger charge is 2.45. The van der Waals surface area contributed by atoms with E-state index in [2.05, 4.69) is 10.4 Å². The van der Waals surface area contributed by atoms with E-state index in [1.807, 2.05) is 0 Å². The van der Waals surface area contributed by atoms with Crippen molar-refractivity contribution in [3.8, 4) is 5.75 Å². The fourth-order valence-corrected chi connectivity index (χ4v) is 3.50. The number of carbonyl (C=O) groups excluding carboxylic acids is 2. The predicted molar refractivity (Wildman–Crippen MR) is 101 cm³/mol. The maximum absolute atomic E-state index is 12.5. The normalized spacial score (nSPS) is 14.5. The van der Waals surface area contributed by atoms with Gasteiger partial charge in [0.05, 0.1) is 31.3 Å². The molecule has 1 aliphatic rings. The van der Waals surface area contributed by atoms with Crippen LogP contribution in [0.3, 0.4) is 0 Å². The molecule has 0 unspecified atom stereocenters. The number of carboxylic acid groups (broad SMARTS) is 1. The maximum Gasteiger partial charge on any atom is 0.434 e. The van der Waals surface area contributed by atoms with Crippen LogP contribution in [0.15, 0.2) is 24.3 Å². The van der Waals surface area contributed by atoms with Gasteiger partial charge in [0.15, 0.2) is 0 Å². The summed E-state index contributed by atoms with van der Waals surface area (Å²) in [5.41, 5.74) is 0.659. The van der Waals surface area contributed by atoms with Crippen LogP contribution >= 0.6 is 11.6 Å². The standard InChI is InChI=1S/C18H19ClN4O5/c1-18(2)14-12(9-22(18)16(19)25)15(23(21-14)17(26)27)20-13(24)8-10-4-6-11(28-3)7-5-10/h4-7H,8-9H2,1-3H3,(H,20,24)(H,26,27). The van der Waals surface area contributed by atoms with E-state index in [-0.39, 0.29) is 18.8 Å². The SMILES string of the molecule is COc1ccc(CC(=O)Nc2c3c(nn2C(=O)O)C(C)(C)N(C(=O)Cl)C3)cc1. The van der Waals surface area contributed by atoms with E-state index in [0.29, 0.717) is 21.7 Å². The number of halogens is 1. The number of rotatable bonds is 4. The molecule has 3 rings (SSSR count). The van der Waals surface area contributed by atoms with Gasteiger partial charge >= 0.3 is 11.5 Å². The fraction of sp³-hybridized carbons (Fsp3) is 0.333. The zero-order valence-electron chi connectivity index (χ0n) is 15.5. The van der Waals surface area contributed by atoms with Crippen LogP contribution in [0.2, 0.25) is 0 Å². The van der Waals surface area contributed by atoms with E-state index in [9.17, 15) is 19.5 Å². The molecular formula is C18H19ClN4O5. The number of benzene rings is 1. The lowest BCUT2D eigenvalue weighted by Crippen LogP contribution is -2.38. The fourth-order valence-electron chi connectivity index (χ4n) is 3.23. The molecule has 2 heterocycles. The number of carbonyl (C=O) groups is 3. The van der Waals surface area contributed by atoms with Crippen LogP contribution in [0.4, 0.5) is 15.4 Å². The van der Waals surface area contributed by atoms with Gasteiger partial charge in [-0.1, -0.05) is 12.1 Å². The number of fused-ring (bicyclic) bond motifs is 1. The summed E-state index contributed by atoms with van der Waals surface area (Å²) >= 11 is 5.65. The summed E-state index contributed by atoms with van der Waals surface area (Å²) < 4.78 is 5.80. The minimum absolute atomic E-state index is 0.0227. The highest BCUT2D eigenvalue weighted by molar-refractivity contribution is 6.62. The number of hydrogen-bond donors (Lipinski definition) is 2. The summed E-state index contributed by atoms with van der Waals surface area (Å²) in [6.07, 6.45) is -1.31. The van der Waals surface area contributed by atoms with Gasteiger partial charge in [0, 0.05) is 5.56 Å². The first kappa shape index (κ1) is 19.7. The van der Waals surface area contributed by atoms with E-state index in [4.69, 9.17) is 16.3 Å². The Kier molecular flexibility index (Phi) is 5.03. The van der Waals surface area contributed by atoms with Gasteiger partial charge in [-0.15, -0.1) is 4.68 Å². The van der Waals surface area contributed by atoms with Crippen molar-refractivity contribution in [2.75, 3.05) is 12.4 Å². The average Bonchev–Trinajstić information content (AvgIpc) is 3.11. The van der Waals surface area contributed by atoms with Crippen LogP contribution in [-0.4, -0.2) is 44.3 Å². The summed E-state index contributed by atoms with van der Waals surface area (Å²) in [6.45, 7) is 3.47. The molecule has 9 nitrogen and oxygen atoms in total. The van der Waals surface area contributed by atoms with Crippen molar-refractivity contribution in [1.29, 1.82) is 0 Å². The molecule has 0 spiro atoms. The van der Waals surface area contributed by atoms with Crippen molar-refractivity contribution in [2.45, 2.75) is 32.4 Å². The molecule has 0 fully saturated rings. The Morgan fingerprint density at radius 2 is 1.93 bits per heavy atom. The molecule has 0 saturated heterocycles. The van der Waals surface area contributed by atoms with E-state index in [1.165, 1.54) is 4.90 Å². The quantitative estimate of drug-likeness (QED) is 0.596. The summed E-state index contributed by atoms with van der Waals surface area (Å²) in [5, 5.41) is 15.5. The van der Waals surface area contributed by atoms with Crippen LogP contribution in [0.25, 0.3) is 0 Å². The largest absolute Gasteiger partial charge is 0.497 e. The molecule has 0 atom stereocenters. The van der Waals surface area contributed by atoms with Crippen molar-refractivity contribution in [1.82, 2.24) is 14.7 Å². The Balaban J connectivity index is 1.88. The number of anilines is 1. The minimum atomic E-state index is -1.34. The first-order chi connectivity index (χ1) is 13.1. The van der Waals surface area contributed by atoms with Gasteiger partial charge in [-0.25, -0.2) is 4.79 Å². The summed E-state index contributed by atoms with van der Waals surface area (Å²) in [7, 11) is 1.55. The highest BCUT2D eigenvalue weighted by Crippen LogP contribution is 2.42. The van der Waals surface area contributed by atoms with Crippen LogP contribution in [0.5, 0.6) is 5.75 Å². The number of nitrogens with one attached hydrogen (secondary N) is 1. The lowest BCUT2D eigenvalue weighted by Gasteiger charge is -2.29. The Morgan fingerprint density at radius 3 is 2.46 bits per heavy atom. The number of aromatic nitrogens is 2. The van der Waals surface area contributed by atoms with Crippen LogP contribution < -0.4 is 10.1 Å². The molecule has 28 heavy (non-hydrogen) atoms. The second kappa shape index (κ2) is 7.16. The Bertz CT molecular complexity index is 952. The third-order valence-electron chi connectivity index (χ3n) is 4.73. The van der Waals surface area contributed by atoms with Gasteiger partial charge in [-0.3, -0.25) is 9.59 Å². The van der Waals surface area contributed by atoms with Crippen LogP contribution in [0, 0.1) is 0 Å². The monoisotopic (exact) mass is 406 g/mol. The first-order valence-corrected chi connectivity index (χ1v) is 8.78. The van der Waals surface area contributed by atoms with Crippen molar-refractivity contribution in [3.63, 3.8) is 0 Å². The third-order valence-corrected chi connectivity index (χ3v) is 4.93. The molecule has 0 radical (unpaired) electrons. The third kappa shape index (κ3) is 3.40. The van der Waals surface area contributed by atoms with E-state index in [1.54, 1.807) is 45.2 Å². The summed E-state index contributed by atoms with van der Waals surface area (Å²) in [6, 6.07) is 6.95. The van der Waals surface area contributed by atoms with Gasteiger partial charge in [-0.05, 0) is 43.1 Å². The van der Waals surface area contributed by atoms with Crippen molar-refractivity contribution < 1.29 is 24.2 Å². The summed E-state index contributed by atoms with van der Waals surface area (Å²) in [4.78, 5) is 37.2. The molecule has 2 N–H and O–H groups in total. The molecule has 1 aromatic heterocycles. The topological polar surface area (TPSA) is 114 Å². The zero-order valence-corrected chi connectivity index (χ0v) is 16.3. The number of methoxy groups -OCH3 is 1. The minimum Gasteiger partial charge on any atom is -0.497 e. The number of amides is 2. The summed E-state index contributed by atoms with van der Waals surface area (Å²) in [5.74, 6) is 0.275. The van der Waals surface area contributed by atoms with Crippen LogP contribution in [-0.2, 0) is 23.3 Å². The van der Waals surface area contributed by atoms with Crippen LogP contribution in [0.1, 0.15) is 30.7 Å². The van der Waals surface area contributed by atoms with E-state index in [0.717, 1.165) is 5.56 Å². The Hall–Kier alpha value is -3.07. The molecule has 1 aromatic carbocycles. The van der Waals surface area contributed by atoms with E-state index < -0.39 is 22.9 Å². The highest BCUT2D eigenvalue weighted by atomic mass is 35.5. The molecule has 1 aliphatic heterocycles.